The highest BCUT2D eigenvalue weighted by Crippen LogP contribution is 2.32. The number of esters is 1. The summed E-state index contributed by atoms with van der Waals surface area (Å²) in [5.74, 6) is -1.73. The number of rotatable bonds is 6. The number of halogens is 1. The van der Waals surface area contributed by atoms with E-state index in [1.807, 2.05) is 0 Å². The predicted octanol–water partition coefficient (Wildman–Crippen LogP) is 2.89. The zero-order valence-electron chi connectivity index (χ0n) is 14.8. The minimum Gasteiger partial charge on any atom is -0.480 e. The molecule has 0 spiro atoms. The molecule has 1 atom stereocenters. The molecule has 26 heavy (non-hydrogen) atoms. The first-order valence-corrected chi connectivity index (χ1v) is 9.25. The molecule has 0 heterocycles. The fourth-order valence-corrected chi connectivity index (χ4v) is 3.42. The van der Waals surface area contributed by atoms with Crippen molar-refractivity contribution in [2.24, 2.45) is 0 Å². The first kappa shape index (κ1) is 22.1. The van der Waals surface area contributed by atoms with Gasteiger partial charge in [-0.2, -0.15) is 0 Å². The van der Waals surface area contributed by atoms with Crippen LogP contribution in [0.2, 0.25) is 0 Å². The summed E-state index contributed by atoms with van der Waals surface area (Å²) in [6, 6.07) is 1.86. The van der Waals surface area contributed by atoms with Gasteiger partial charge in [0, 0.05) is 20.8 Å². The van der Waals surface area contributed by atoms with Crippen LogP contribution >= 0.6 is 27.7 Å². The van der Waals surface area contributed by atoms with Crippen molar-refractivity contribution in [3.63, 3.8) is 0 Å². The number of methoxy groups -OCH3 is 1. The lowest BCUT2D eigenvalue weighted by atomic mass is 10.2. The summed E-state index contributed by atoms with van der Waals surface area (Å²) in [4.78, 5) is 35.3. The number of carboxylic acids is 1. The number of ether oxygens (including phenoxy) is 2. The summed E-state index contributed by atoms with van der Waals surface area (Å²) in [7, 11) is 1.26. The van der Waals surface area contributed by atoms with Gasteiger partial charge in [0.2, 0.25) is 0 Å². The molecular formula is C16H21BrN2O6S. The van der Waals surface area contributed by atoms with Crippen LogP contribution in [0.25, 0.3) is 0 Å². The number of carboxylic acid groups (broad SMARTS) is 1. The fourth-order valence-electron chi connectivity index (χ4n) is 1.76. The van der Waals surface area contributed by atoms with Gasteiger partial charge in [-0.15, -0.1) is 11.8 Å². The molecule has 0 aliphatic heterocycles. The van der Waals surface area contributed by atoms with E-state index in [0.717, 1.165) is 11.8 Å². The van der Waals surface area contributed by atoms with Gasteiger partial charge in [-0.3, -0.25) is 0 Å². The number of benzene rings is 1. The molecule has 0 unspecified atom stereocenters. The van der Waals surface area contributed by atoms with Gasteiger partial charge >= 0.3 is 18.0 Å². The Morgan fingerprint density at radius 1 is 1.35 bits per heavy atom. The maximum atomic E-state index is 11.8. The van der Waals surface area contributed by atoms with Gasteiger partial charge in [-0.1, -0.05) is 0 Å². The number of thioether (sulfide) groups is 1. The van der Waals surface area contributed by atoms with Crippen molar-refractivity contribution in [2.45, 2.75) is 37.3 Å². The molecule has 0 fully saturated rings. The van der Waals surface area contributed by atoms with E-state index in [1.165, 1.54) is 13.2 Å². The van der Waals surface area contributed by atoms with Gasteiger partial charge in [-0.25, -0.2) is 14.4 Å². The Balaban J connectivity index is 2.84. The summed E-state index contributed by atoms with van der Waals surface area (Å²) in [6.45, 7) is 5.04. The summed E-state index contributed by atoms with van der Waals surface area (Å²) in [6.07, 6.45) is -0.819. The summed E-state index contributed by atoms with van der Waals surface area (Å²) in [5.41, 5.74) is 5.74. The third-order valence-electron chi connectivity index (χ3n) is 2.90. The Hall–Kier alpha value is -1.94. The monoisotopic (exact) mass is 448 g/mol. The maximum Gasteiger partial charge on any atom is 0.408 e. The molecule has 0 aromatic heterocycles. The Bertz CT molecular complexity index is 705. The fraction of sp³-hybridized carbons (Fsp3) is 0.438. The van der Waals surface area contributed by atoms with Crippen LogP contribution in [0.3, 0.4) is 0 Å². The topological polar surface area (TPSA) is 128 Å². The van der Waals surface area contributed by atoms with E-state index in [4.69, 9.17) is 10.5 Å². The lowest BCUT2D eigenvalue weighted by molar-refractivity contribution is -0.138. The third-order valence-corrected chi connectivity index (χ3v) is 4.72. The lowest BCUT2D eigenvalue weighted by Gasteiger charge is -2.22. The molecule has 10 heteroatoms. The highest BCUT2D eigenvalue weighted by Gasteiger charge is 2.24. The zero-order chi connectivity index (χ0) is 20.1. The zero-order valence-corrected chi connectivity index (χ0v) is 17.2. The third kappa shape index (κ3) is 6.75. The Labute approximate surface area is 163 Å². The van der Waals surface area contributed by atoms with Gasteiger partial charge in [0.15, 0.2) is 0 Å². The van der Waals surface area contributed by atoms with Gasteiger partial charge in [-0.05, 0) is 48.8 Å². The van der Waals surface area contributed by atoms with E-state index in [0.29, 0.717) is 15.1 Å². The quantitative estimate of drug-likeness (QED) is 0.344. The molecule has 1 amide bonds. The van der Waals surface area contributed by atoms with Crippen LogP contribution in [0.4, 0.5) is 10.5 Å². The van der Waals surface area contributed by atoms with E-state index >= 15 is 0 Å². The maximum absolute atomic E-state index is 11.8. The average molecular weight is 449 g/mol. The number of nitrogen functional groups attached to an aromatic ring is 1. The normalized spacial score (nSPS) is 12.2. The van der Waals surface area contributed by atoms with Gasteiger partial charge in [0.05, 0.1) is 12.7 Å². The van der Waals surface area contributed by atoms with E-state index < -0.39 is 29.7 Å². The number of nitrogens with two attached hydrogens (primary N) is 1. The van der Waals surface area contributed by atoms with Gasteiger partial charge in [0.25, 0.3) is 0 Å². The van der Waals surface area contributed by atoms with Crippen molar-refractivity contribution >= 4 is 51.4 Å². The second kappa shape index (κ2) is 9.13. The predicted molar refractivity (Wildman–Crippen MR) is 101 cm³/mol. The van der Waals surface area contributed by atoms with Crippen LogP contribution in [0.1, 0.15) is 31.1 Å². The highest BCUT2D eigenvalue weighted by atomic mass is 79.9. The molecule has 0 bridgehead atoms. The summed E-state index contributed by atoms with van der Waals surface area (Å²) >= 11 is 4.38. The lowest BCUT2D eigenvalue weighted by Crippen LogP contribution is -2.44. The van der Waals surface area contributed by atoms with Crippen molar-refractivity contribution in [2.75, 3.05) is 18.6 Å². The van der Waals surface area contributed by atoms with Crippen LogP contribution in [0.15, 0.2) is 21.5 Å². The van der Waals surface area contributed by atoms with Crippen LogP contribution in [-0.4, -0.2) is 47.6 Å². The van der Waals surface area contributed by atoms with Crippen molar-refractivity contribution < 1.29 is 29.0 Å². The SMILES string of the molecule is COC(=O)c1cc(N)c(SC[C@H](NC(=O)OC(C)(C)C)C(=O)O)cc1Br. The van der Waals surface area contributed by atoms with Gasteiger partial charge in [0.1, 0.15) is 11.6 Å². The molecule has 0 radical (unpaired) electrons. The van der Waals surface area contributed by atoms with E-state index in [2.05, 4.69) is 26.0 Å². The van der Waals surface area contributed by atoms with Crippen molar-refractivity contribution in [1.82, 2.24) is 5.32 Å². The first-order chi connectivity index (χ1) is 11.9. The van der Waals surface area contributed by atoms with Crippen LogP contribution in [0, 0.1) is 0 Å². The van der Waals surface area contributed by atoms with E-state index in [1.54, 1.807) is 26.8 Å². The minimum atomic E-state index is -1.20. The first-order valence-electron chi connectivity index (χ1n) is 7.47. The number of hydrogen-bond donors (Lipinski definition) is 3. The van der Waals surface area contributed by atoms with E-state index in [9.17, 15) is 19.5 Å². The number of amides is 1. The molecule has 1 aromatic rings. The number of carbonyl (C=O) groups excluding carboxylic acids is 2. The molecule has 1 aromatic carbocycles. The van der Waals surface area contributed by atoms with Crippen LogP contribution in [-0.2, 0) is 14.3 Å². The Morgan fingerprint density at radius 2 is 1.96 bits per heavy atom. The number of carbonyl (C=O) groups is 3. The molecule has 1 rings (SSSR count). The number of nitrogens with one attached hydrogen (secondary N) is 1. The Kier molecular flexibility index (Phi) is 7.76. The molecule has 144 valence electrons. The minimum absolute atomic E-state index is 0.0167. The van der Waals surface area contributed by atoms with Gasteiger partial charge < -0.3 is 25.6 Å². The average Bonchev–Trinajstić information content (AvgIpc) is 2.51. The number of aliphatic carboxylic acids is 1. The largest absolute Gasteiger partial charge is 0.480 e. The Morgan fingerprint density at radius 3 is 2.46 bits per heavy atom. The molecule has 0 saturated carbocycles. The molecule has 8 nitrogen and oxygen atoms in total. The number of alkyl carbamates (subject to hydrolysis) is 1. The standard InChI is InChI=1S/C16H21BrN2O6S/c1-16(2,3)25-15(23)19-11(13(20)21)7-26-12-6-9(17)8(5-10(12)18)14(22)24-4/h5-6,11H,7,18H2,1-4H3,(H,19,23)(H,20,21)/t11-/m0/s1. The second-order valence-corrected chi connectivity index (χ2v) is 8.13. The van der Waals surface area contributed by atoms with Crippen LogP contribution in [0.5, 0.6) is 0 Å². The molecule has 4 N–H and O–H groups in total. The van der Waals surface area contributed by atoms with Crippen molar-refractivity contribution in [3.8, 4) is 0 Å². The second-order valence-electron chi connectivity index (χ2n) is 6.21. The van der Waals surface area contributed by atoms with Crippen molar-refractivity contribution in [1.29, 1.82) is 0 Å². The highest BCUT2D eigenvalue weighted by molar-refractivity contribution is 9.10. The number of hydrogen-bond acceptors (Lipinski definition) is 7. The smallest absolute Gasteiger partial charge is 0.408 e. The molecule has 0 aliphatic rings. The molecule has 0 saturated heterocycles. The van der Waals surface area contributed by atoms with E-state index in [-0.39, 0.29) is 11.3 Å². The van der Waals surface area contributed by atoms with Crippen molar-refractivity contribution in [3.05, 3.63) is 22.2 Å². The molecular weight excluding hydrogens is 428 g/mol. The van der Waals surface area contributed by atoms with Crippen LogP contribution < -0.4 is 11.1 Å². The summed E-state index contributed by atoms with van der Waals surface area (Å²) < 4.78 is 10.2. The number of anilines is 1. The summed E-state index contributed by atoms with van der Waals surface area (Å²) in [5, 5.41) is 11.6. The molecule has 0 aliphatic carbocycles.